The second kappa shape index (κ2) is 6.25. The molecule has 5 heteroatoms. The number of ketones is 1. The molecular weight excluding hydrogens is 230 g/mol. The third-order valence-electron chi connectivity index (χ3n) is 2.10. The Morgan fingerprint density at radius 3 is 2.25 bits per heavy atom. The van der Waals surface area contributed by atoms with Gasteiger partial charge in [-0.25, -0.2) is 0 Å². The number of carbonyl (C=O) groups is 2. The van der Waals surface area contributed by atoms with Gasteiger partial charge in [0.15, 0.2) is 5.78 Å². The summed E-state index contributed by atoms with van der Waals surface area (Å²) >= 11 is 0. The van der Waals surface area contributed by atoms with Crippen molar-refractivity contribution < 1.29 is 14.7 Å². The third kappa shape index (κ3) is 4.00. The minimum atomic E-state index is -1.16. The maximum atomic E-state index is 11.5. The number of halogens is 1. The lowest BCUT2D eigenvalue weighted by molar-refractivity contribution is -0.138. The van der Waals surface area contributed by atoms with Crippen molar-refractivity contribution in [2.45, 2.75) is 19.4 Å². The molecule has 0 aliphatic rings. The molecule has 0 bridgehead atoms. The summed E-state index contributed by atoms with van der Waals surface area (Å²) in [5.74, 6) is -1.40. The smallest absolute Gasteiger partial charge is 0.320 e. The summed E-state index contributed by atoms with van der Waals surface area (Å²) in [6, 6.07) is 5.83. The molecule has 0 heterocycles. The van der Waals surface area contributed by atoms with E-state index in [2.05, 4.69) is 0 Å². The molecule has 0 fully saturated rings. The quantitative estimate of drug-likeness (QED) is 0.784. The molecule has 88 valence electrons. The van der Waals surface area contributed by atoms with E-state index in [1.807, 2.05) is 6.92 Å². The number of carboxylic acid groups (broad SMARTS) is 1. The van der Waals surface area contributed by atoms with Crippen LogP contribution < -0.4 is 5.73 Å². The summed E-state index contributed by atoms with van der Waals surface area (Å²) in [6.07, 6.45) is -0.168. The number of hydrogen-bond donors (Lipinski definition) is 2. The van der Waals surface area contributed by atoms with Crippen LogP contribution in [0.15, 0.2) is 24.3 Å². The molecule has 0 unspecified atom stereocenters. The number of aryl methyl sites for hydroxylation is 1. The molecule has 0 saturated carbocycles. The van der Waals surface area contributed by atoms with Gasteiger partial charge >= 0.3 is 5.97 Å². The third-order valence-corrected chi connectivity index (χ3v) is 2.10. The number of carboxylic acids is 1. The van der Waals surface area contributed by atoms with Crippen LogP contribution in [0.3, 0.4) is 0 Å². The van der Waals surface area contributed by atoms with E-state index in [1.165, 1.54) is 0 Å². The van der Waals surface area contributed by atoms with Crippen molar-refractivity contribution in [3.63, 3.8) is 0 Å². The molecular formula is C11H14ClNO3. The first-order valence-electron chi connectivity index (χ1n) is 4.59. The van der Waals surface area contributed by atoms with E-state index in [4.69, 9.17) is 10.8 Å². The second-order valence-electron chi connectivity index (χ2n) is 3.44. The predicted octanol–water partition coefficient (Wildman–Crippen LogP) is 1.40. The number of carbonyl (C=O) groups excluding carboxylic acids is 1. The number of Topliss-reactive ketones (excluding diaryl/α,β-unsaturated/α-hetero) is 1. The number of rotatable bonds is 4. The molecule has 0 saturated heterocycles. The van der Waals surface area contributed by atoms with Crippen LogP contribution in [0.2, 0.25) is 0 Å². The van der Waals surface area contributed by atoms with Gasteiger partial charge in [0.05, 0.1) is 0 Å². The van der Waals surface area contributed by atoms with E-state index in [9.17, 15) is 9.59 Å². The highest BCUT2D eigenvalue weighted by Gasteiger charge is 2.17. The number of hydrogen-bond acceptors (Lipinski definition) is 3. The van der Waals surface area contributed by atoms with E-state index < -0.39 is 12.0 Å². The zero-order chi connectivity index (χ0) is 11.4. The molecule has 0 aliphatic heterocycles. The van der Waals surface area contributed by atoms with Gasteiger partial charge in [-0.3, -0.25) is 9.59 Å². The standard InChI is InChI=1S/C11H13NO3.ClH/c1-7-2-4-8(5-3-7)10(13)6-9(12)11(14)15;/h2-5,9H,6,12H2,1H3,(H,14,15);1H/t9-;/m0./s1. The van der Waals surface area contributed by atoms with E-state index in [0.29, 0.717) is 5.56 Å². The fourth-order valence-electron chi connectivity index (χ4n) is 1.14. The zero-order valence-electron chi connectivity index (χ0n) is 8.84. The minimum absolute atomic E-state index is 0. The van der Waals surface area contributed by atoms with E-state index in [-0.39, 0.29) is 24.6 Å². The van der Waals surface area contributed by atoms with Crippen molar-refractivity contribution in [2.75, 3.05) is 0 Å². The lowest BCUT2D eigenvalue weighted by Crippen LogP contribution is -2.32. The van der Waals surface area contributed by atoms with Crippen molar-refractivity contribution in [1.29, 1.82) is 0 Å². The summed E-state index contributed by atoms with van der Waals surface area (Å²) in [4.78, 5) is 22.0. The predicted molar refractivity (Wildman–Crippen MR) is 63.0 cm³/mol. The normalized spacial score (nSPS) is 11.4. The summed E-state index contributed by atoms with van der Waals surface area (Å²) in [5.41, 5.74) is 6.81. The molecule has 4 nitrogen and oxygen atoms in total. The lowest BCUT2D eigenvalue weighted by atomic mass is 10.0. The SMILES string of the molecule is Cc1ccc(C(=O)C[C@H](N)C(=O)O)cc1.Cl. The van der Waals surface area contributed by atoms with Crippen LogP contribution in [0.5, 0.6) is 0 Å². The molecule has 1 aromatic carbocycles. The highest BCUT2D eigenvalue weighted by Crippen LogP contribution is 2.07. The van der Waals surface area contributed by atoms with Crippen molar-refractivity contribution >= 4 is 24.2 Å². The van der Waals surface area contributed by atoms with Gasteiger partial charge < -0.3 is 10.8 Å². The number of nitrogens with two attached hydrogens (primary N) is 1. The van der Waals surface area contributed by atoms with Crippen molar-refractivity contribution in [3.8, 4) is 0 Å². The Morgan fingerprint density at radius 1 is 1.31 bits per heavy atom. The van der Waals surface area contributed by atoms with E-state index in [1.54, 1.807) is 24.3 Å². The summed E-state index contributed by atoms with van der Waals surface area (Å²) in [6.45, 7) is 1.91. The van der Waals surface area contributed by atoms with Crippen LogP contribution in [0, 0.1) is 6.92 Å². The van der Waals surface area contributed by atoms with Gasteiger partial charge in [-0.1, -0.05) is 29.8 Å². The Morgan fingerprint density at radius 2 is 1.81 bits per heavy atom. The fourth-order valence-corrected chi connectivity index (χ4v) is 1.14. The van der Waals surface area contributed by atoms with Gasteiger partial charge in [-0.05, 0) is 6.92 Å². The summed E-state index contributed by atoms with van der Waals surface area (Å²) < 4.78 is 0. The Bertz CT molecular complexity index is 375. The topological polar surface area (TPSA) is 80.4 Å². The highest BCUT2D eigenvalue weighted by atomic mass is 35.5. The van der Waals surface area contributed by atoms with Crippen LogP contribution in [0.25, 0.3) is 0 Å². The van der Waals surface area contributed by atoms with E-state index in [0.717, 1.165) is 5.56 Å². The number of benzene rings is 1. The van der Waals surface area contributed by atoms with Crippen molar-refractivity contribution in [1.82, 2.24) is 0 Å². The Hall–Kier alpha value is -1.39. The Balaban J connectivity index is 0.00000225. The van der Waals surface area contributed by atoms with Gasteiger partial charge in [0, 0.05) is 12.0 Å². The molecule has 0 spiro atoms. The average molecular weight is 244 g/mol. The zero-order valence-corrected chi connectivity index (χ0v) is 9.66. The van der Waals surface area contributed by atoms with Crippen molar-refractivity contribution in [2.24, 2.45) is 5.73 Å². The first-order chi connectivity index (χ1) is 7.00. The fraction of sp³-hybridized carbons (Fsp3) is 0.273. The molecule has 16 heavy (non-hydrogen) atoms. The molecule has 0 amide bonds. The maximum absolute atomic E-state index is 11.5. The molecule has 0 radical (unpaired) electrons. The molecule has 0 aromatic heterocycles. The first-order valence-corrected chi connectivity index (χ1v) is 4.59. The monoisotopic (exact) mass is 243 g/mol. The van der Waals surface area contributed by atoms with Crippen LogP contribution in [0.1, 0.15) is 22.3 Å². The van der Waals surface area contributed by atoms with Crippen LogP contribution in [0.4, 0.5) is 0 Å². The summed E-state index contributed by atoms with van der Waals surface area (Å²) in [5, 5.41) is 8.54. The maximum Gasteiger partial charge on any atom is 0.320 e. The Labute approximate surface area is 99.9 Å². The van der Waals surface area contributed by atoms with Crippen molar-refractivity contribution in [3.05, 3.63) is 35.4 Å². The van der Waals surface area contributed by atoms with Gasteiger partial charge in [0.2, 0.25) is 0 Å². The highest BCUT2D eigenvalue weighted by molar-refractivity contribution is 5.98. The molecule has 0 aliphatic carbocycles. The van der Waals surface area contributed by atoms with Crippen LogP contribution in [-0.4, -0.2) is 22.9 Å². The largest absolute Gasteiger partial charge is 0.480 e. The van der Waals surface area contributed by atoms with Crippen LogP contribution in [-0.2, 0) is 4.79 Å². The lowest BCUT2D eigenvalue weighted by Gasteiger charge is -2.05. The number of aliphatic carboxylic acids is 1. The van der Waals surface area contributed by atoms with Gasteiger partial charge in [-0.15, -0.1) is 12.4 Å². The molecule has 3 N–H and O–H groups in total. The van der Waals surface area contributed by atoms with Crippen LogP contribution >= 0.6 is 12.4 Å². The van der Waals surface area contributed by atoms with Gasteiger partial charge in [0.1, 0.15) is 6.04 Å². The summed E-state index contributed by atoms with van der Waals surface area (Å²) in [7, 11) is 0. The van der Waals surface area contributed by atoms with Gasteiger partial charge in [0.25, 0.3) is 0 Å². The minimum Gasteiger partial charge on any atom is -0.480 e. The Kier molecular flexibility index (Phi) is 5.71. The first kappa shape index (κ1) is 14.6. The average Bonchev–Trinajstić information content (AvgIpc) is 2.18. The van der Waals surface area contributed by atoms with Gasteiger partial charge in [-0.2, -0.15) is 0 Å². The molecule has 1 atom stereocenters. The second-order valence-corrected chi connectivity index (χ2v) is 3.44. The molecule has 1 rings (SSSR count). The molecule has 1 aromatic rings. The van der Waals surface area contributed by atoms with E-state index >= 15 is 0 Å².